The van der Waals surface area contributed by atoms with Crippen molar-refractivity contribution in [3.63, 3.8) is 0 Å². The van der Waals surface area contributed by atoms with E-state index in [1.54, 1.807) is 0 Å². The highest BCUT2D eigenvalue weighted by molar-refractivity contribution is 6.13. The zero-order chi connectivity index (χ0) is 16.8. The Balaban J connectivity index is 0.00000225. The Morgan fingerprint density at radius 1 is 1.21 bits per heavy atom. The minimum absolute atomic E-state index is 0. The number of nitrogens with one attached hydrogen (secondary N) is 1. The fourth-order valence-electron chi connectivity index (χ4n) is 2.48. The number of carbonyl (C=O) groups is 1. The quantitative estimate of drug-likeness (QED) is 0.599. The van der Waals surface area contributed by atoms with Crippen molar-refractivity contribution in [1.29, 1.82) is 0 Å². The van der Waals surface area contributed by atoms with E-state index in [1.807, 2.05) is 18.2 Å². The summed E-state index contributed by atoms with van der Waals surface area (Å²) in [6.07, 6.45) is 1.25. The van der Waals surface area contributed by atoms with E-state index in [-0.39, 0.29) is 13.4 Å². The van der Waals surface area contributed by atoms with Crippen molar-refractivity contribution in [2.24, 2.45) is 4.99 Å². The van der Waals surface area contributed by atoms with E-state index in [2.05, 4.69) is 53.3 Å². The first-order valence-electron chi connectivity index (χ1n) is 7.98. The van der Waals surface area contributed by atoms with Gasteiger partial charge in [-0.3, -0.25) is 9.79 Å². The number of rotatable bonds is 8. The Morgan fingerprint density at radius 3 is 2.67 bits per heavy atom. The van der Waals surface area contributed by atoms with E-state index in [0.29, 0.717) is 19.8 Å². The number of ether oxygens (including phenoxy) is 1. The smallest absolute Gasteiger partial charge is 0.243 e. The van der Waals surface area contributed by atoms with Gasteiger partial charge in [0.2, 0.25) is 5.91 Å². The van der Waals surface area contributed by atoms with E-state index in [1.165, 1.54) is 11.6 Å². The fraction of sp³-hybridized carbons (Fsp3) is 0.200. The molecule has 1 atom stereocenters. The van der Waals surface area contributed by atoms with Crippen LogP contribution in [-0.4, -0.2) is 24.8 Å². The first kappa shape index (κ1) is 16.1. The first-order valence-corrected chi connectivity index (χ1v) is 7.98. The van der Waals surface area contributed by atoms with Crippen LogP contribution in [0.15, 0.2) is 72.2 Å². The molecular formula is C20H22N2O2. The second-order valence-corrected chi connectivity index (χ2v) is 5.57. The van der Waals surface area contributed by atoms with Crippen LogP contribution in [0.1, 0.15) is 24.2 Å². The standard InChI is InChI=1S/C20H20N2O2.H2/c1-2-18(23)21-12-13-24-14-15-8-10-17(11-9-15)20-19(22-20)16-6-4-3-5-7-16;/h2-11,19H,1,12-14H2,(H,21,23);1H. The summed E-state index contributed by atoms with van der Waals surface area (Å²) < 4.78 is 5.54. The summed E-state index contributed by atoms with van der Waals surface area (Å²) in [6.45, 7) is 4.88. The Kier molecular flexibility index (Phi) is 5.18. The molecule has 0 fully saturated rings. The van der Waals surface area contributed by atoms with Crippen molar-refractivity contribution in [3.8, 4) is 0 Å². The highest BCUT2D eigenvalue weighted by atomic mass is 16.5. The third-order valence-electron chi connectivity index (χ3n) is 3.82. The molecular weight excluding hydrogens is 300 g/mol. The summed E-state index contributed by atoms with van der Waals surface area (Å²) in [5.41, 5.74) is 4.64. The van der Waals surface area contributed by atoms with Gasteiger partial charge < -0.3 is 10.1 Å². The summed E-state index contributed by atoms with van der Waals surface area (Å²) in [5.74, 6) is -0.180. The van der Waals surface area contributed by atoms with Crippen LogP contribution in [0.2, 0.25) is 0 Å². The van der Waals surface area contributed by atoms with Crippen molar-refractivity contribution in [2.75, 3.05) is 13.2 Å². The van der Waals surface area contributed by atoms with Crippen molar-refractivity contribution >= 4 is 11.6 Å². The predicted molar refractivity (Wildman–Crippen MR) is 97.1 cm³/mol. The molecule has 2 aromatic carbocycles. The van der Waals surface area contributed by atoms with E-state index >= 15 is 0 Å². The van der Waals surface area contributed by atoms with E-state index in [4.69, 9.17) is 4.74 Å². The zero-order valence-electron chi connectivity index (χ0n) is 13.4. The summed E-state index contributed by atoms with van der Waals surface area (Å²) in [6, 6.07) is 18.8. The molecule has 1 aliphatic heterocycles. The topological polar surface area (TPSA) is 50.7 Å². The monoisotopic (exact) mass is 322 g/mol. The van der Waals surface area contributed by atoms with Crippen LogP contribution in [0.4, 0.5) is 0 Å². The molecule has 0 aliphatic carbocycles. The summed E-state index contributed by atoms with van der Waals surface area (Å²) in [4.78, 5) is 15.6. The highest BCUT2D eigenvalue weighted by Gasteiger charge is 2.30. The van der Waals surface area contributed by atoms with Gasteiger partial charge in [0.05, 0.1) is 18.9 Å². The third-order valence-corrected chi connectivity index (χ3v) is 3.82. The van der Waals surface area contributed by atoms with Crippen LogP contribution in [0.3, 0.4) is 0 Å². The van der Waals surface area contributed by atoms with Gasteiger partial charge in [0.15, 0.2) is 0 Å². The van der Waals surface area contributed by atoms with E-state index in [9.17, 15) is 4.79 Å². The molecule has 2 aromatic rings. The Labute approximate surface area is 143 Å². The maximum atomic E-state index is 11.0. The van der Waals surface area contributed by atoms with Gasteiger partial charge in [0, 0.05) is 7.97 Å². The Morgan fingerprint density at radius 2 is 1.96 bits per heavy atom. The third kappa shape index (κ3) is 4.18. The molecule has 1 aliphatic rings. The number of amides is 1. The van der Waals surface area contributed by atoms with Gasteiger partial charge in [-0.05, 0) is 22.8 Å². The van der Waals surface area contributed by atoms with Crippen LogP contribution in [0.5, 0.6) is 0 Å². The normalized spacial score (nSPS) is 15.5. The molecule has 0 spiro atoms. The first-order chi connectivity index (χ1) is 11.8. The summed E-state index contributed by atoms with van der Waals surface area (Å²) in [5, 5.41) is 2.67. The van der Waals surface area contributed by atoms with E-state index < -0.39 is 0 Å². The minimum atomic E-state index is -0.180. The number of aliphatic imine (C=N–C) groups is 1. The number of nitrogens with zero attached hydrogens (tertiary/aromatic N) is 1. The maximum Gasteiger partial charge on any atom is 0.243 e. The number of hydrogen-bond donors (Lipinski definition) is 1. The molecule has 4 heteroatoms. The average Bonchev–Trinajstić information content (AvgIpc) is 3.43. The fourth-order valence-corrected chi connectivity index (χ4v) is 2.48. The number of carbonyl (C=O) groups excluding carboxylic acids is 1. The van der Waals surface area contributed by atoms with E-state index in [0.717, 1.165) is 16.8 Å². The van der Waals surface area contributed by atoms with Gasteiger partial charge >= 0.3 is 0 Å². The summed E-state index contributed by atoms with van der Waals surface area (Å²) in [7, 11) is 0. The molecule has 0 radical (unpaired) electrons. The zero-order valence-corrected chi connectivity index (χ0v) is 13.4. The molecule has 4 nitrogen and oxygen atoms in total. The number of hydrogen-bond acceptors (Lipinski definition) is 3. The predicted octanol–water partition coefficient (Wildman–Crippen LogP) is 3.30. The lowest BCUT2D eigenvalue weighted by atomic mass is 10.0. The second kappa shape index (κ2) is 7.70. The molecule has 1 N–H and O–H groups in total. The largest absolute Gasteiger partial charge is 0.375 e. The Bertz CT molecular complexity index is 742. The van der Waals surface area contributed by atoms with Gasteiger partial charge in [-0.25, -0.2) is 0 Å². The van der Waals surface area contributed by atoms with Crippen molar-refractivity contribution in [2.45, 2.75) is 12.6 Å². The lowest BCUT2D eigenvalue weighted by Gasteiger charge is -2.05. The van der Waals surface area contributed by atoms with Gasteiger partial charge in [-0.1, -0.05) is 61.2 Å². The lowest BCUT2D eigenvalue weighted by molar-refractivity contribution is -0.116. The van der Waals surface area contributed by atoms with Gasteiger partial charge in [0.1, 0.15) is 6.04 Å². The molecule has 0 aromatic heterocycles. The van der Waals surface area contributed by atoms with Crippen LogP contribution in [0, 0.1) is 0 Å². The van der Waals surface area contributed by atoms with Crippen LogP contribution >= 0.6 is 0 Å². The van der Waals surface area contributed by atoms with Gasteiger partial charge in [-0.15, -0.1) is 0 Å². The van der Waals surface area contributed by atoms with Crippen LogP contribution in [-0.2, 0) is 16.1 Å². The molecule has 0 bridgehead atoms. The van der Waals surface area contributed by atoms with Crippen molar-refractivity contribution in [1.82, 2.24) is 5.32 Å². The molecule has 24 heavy (non-hydrogen) atoms. The number of benzene rings is 2. The average molecular weight is 322 g/mol. The molecule has 0 saturated heterocycles. The van der Waals surface area contributed by atoms with Crippen molar-refractivity contribution in [3.05, 3.63) is 83.9 Å². The summed E-state index contributed by atoms with van der Waals surface area (Å²) >= 11 is 0. The molecule has 124 valence electrons. The van der Waals surface area contributed by atoms with Crippen LogP contribution < -0.4 is 5.32 Å². The van der Waals surface area contributed by atoms with Crippen LogP contribution in [0.25, 0.3) is 0 Å². The second-order valence-electron chi connectivity index (χ2n) is 5.57. The van der Waals surface area contributed by atoms with Crippen molar-refractivity contribution < 1.29 is 11.0 Å². The van der Waals surface area contributed by atoms with Gasteiger partial charge in [-0.2, -0.15) is 0 Å². The maximum absolute atomic E-state index is 11.0. The molecule has 0 saturated carbocycles. The minimum Gasteiger partial charge on any atom is -0.375 e. The molecule has 1 unspecified atom stereocenters. The SMILES string of the molecule is C=CC(=O)NCCOCc1ccc(C2=NC2c2ccccc2)cc1.[HH]. The molecule has 3 rings (SSSR count). The Hall–Kier alpha value is -2.72. The molecule has 1 heterocycles. The van der Waals surface area contributed by atoms with Gasteiger partial charge in [0.25, 0.3) is 0 Å². The highest BCUT2D eigenvalue weighted by Crippen LogP contribution is 2.34. The molecule has 1 amide bonds. The lowest BCUT2D eigenvalue weighted by Crippen LogP contribution is -2.25.